The van der Waals surface area contributed by atoms with Crippen LogP contribution in [0, 0.1) is 13.8 Å². The Hall–Kier alpha value is -1.40. The molecule has 0 unspecified atom stereocenters. The van der Waals surface area contributed by atoms with Gasteiger partial charge in [0.15, 0.2) is 0 Å². The smallest absolute Gasteiger partial charge is 0.335 e. The van der Waals surface area contributed by atoms with Gasteiger partial charge in [-0.3, -0.25) is 0 Å². The summed E-state index contributed by atoms with van der Waals surface area (Å²) in [6.45, 7) is 5.91. The maximum absolute atomic E-state index is 12.6. The molecular formula is C15H23NO4S. The number of hydrogen-bond acceptors (Lipinski definition) is 3. The standard InChI is InChI=1S/C15H23NO4S/c1-5-6-7-8-16(4)21(19,20)14-10-13(15(17)18)9-11(2)12(14)3/h9-10H,5-8H2,1-4H3,(H,17,18). The minimum absolute atomic E-state index is 0.00127. The molecular weight excluding hydrogens is 290 g/mol. The number of carboxylic acid groups (broad SMARTS) is 1. The van der Waals surface area contributed by atoms with Crippen molar-refractivity contribution in [3.8, 4) is 0 Å². The number of nitrogens with zero attached hydrogens (tertiary/aromatic N) is 1. The van der Waals surface area contributed by atoms with Crippen molar-refractivity contribution >= 4 is 16.0 Å². The van der Waals surface area contributed by atoms with E-state index in [0.29, 0.717) is 17.7 Å². The summed E-state index contributed by atoms with van der Waals surface area (Å²) in [6, 6.07) is 2.74. The maximum Gasteiger partial charge on any atom is 0.335 e. The molecule has 1 rings (SSSR count). The molecule has 0 saturated carbocycles. The second-order valence-corrected chi connectivity index (χ2v) is 7.27. The third-order valence-corrected chi connectivity index (χ3v) is 5.61. The van der Waals surface area contributed by atoms with Crippen molar-refractivity contribution in [1.29, 1.82) is 0 Å². The Kier molecular flexibility index (Phi) is 5.92. The van der Waals surface area contributed by atoms with E-state index in [1.54, 1.807) is 13.8 Å². The van der Waals surface area contributed by atoms with Crippen LogP contribution in [0.3, 0.4) is 0 Å². The molecule has 0 radical (unpaired) electrons. The highest BCUT2D eigenvalue weighted by Gasteiger charge is 2.24. The van der Waals surface area contributed by atoms with Crippen LogP contribution in [0.2, 0.25) is 0 Å². The minimum Gasteiger partial charge on any atom is -0.478 e. The van der Waals surface area contributed by atoms with E-state index in [-0.39, 0.29) is 10.5 Å². The van der Waals surface area contributed by atoms with Crippen molar-refractivity contribution < 1.29 is 18.3 Å². The van der Waals surface area contributed by atoms with Crippen LogP contribution < -0.4 is 0 Å². The third-order valence-electron chi connectivity index (χ3n) is 3.63. The van der Waals surface area contributed by atoms with Gasteiger partial charge in [-0.05, 0) is 43.5 Å². The van der Waals surface area contributed by atoms with Crippen LogP contribution in [0.25, 0.3) is 0 Å². The van der Waals surface area contributed by atoms with E-state index in [9.17, 15) is 13.2 Å². The highest BCUT2D eigenvalue weighted by Crippen LogP contribution is 2.24. The van der Waals surface area contributed by atoms with Gasteiger partial charge in [0, 0.05) is 13.6 Å². The molecule has 0 amide bonds. The summed E-state index contributed by atoms with van der Waals surface area (Å²) in [4.78, 5) is 11.2. The fourth-order valence-electron chi connectivity index (χ4n) is 2.09. The summed E-state index contributed by atoms with van der Waals surface area (Å²) < 4.78 is 26.5. The summed E-state index contributed by atoms with van der Waals surface area (Å²) in [7, 11) is -2.12. The highest BCUT2D eigenvalue weighted by atomic mass is 32.2. The summed E-state index contributed by atoms with van der Waals surface area (Å²) >= 11 is 0. The van der Waals surface area contributed by atoms with E-state index in [2.05, 4.69) is 6.92 Å². The fourth-order valence-corrected chi connectivity index (χ4v) is 3.62. The van der Waals surface area contributed by atoms with Gasteiger partial charge in [0.05, 0.1) is 10.5 Å². The molecule has 0 bridgehead atoms. The van der Waals surface area contributed by atoms with Crippen LogP contribution in [0.1, 0.15) is 47.7 Å². The molecule has 0 aliphatic carbocycles. The number of sulfonamides is 1. The average molecular weight is 313 g/mol. The van der Waals surface area contributed by atoms with E-state index in [0.717, 1.165) is 19.3 Å². The largest absolute Gasteiger partial charge is 0.478 e. The molecule has 0 heterocycles. The number of carbonyl (C=O) groups is 1. The second-order valence-electron chi connectivity index (χ2n) is 5.26. The average Bonchev–Trinajstić information content (AvgIpc) is 2.41. The number of unbranched alkanes of at least 4 members (excludes halogenated alkanes) is 2. The van der Waals surface area contributed by atoms with Gasteiger partial charge >= 0.3 is 5.97 Å². The van der Waals surface area contributed by atoms with Gasteiger partial charge < -0.3 is 5.11 Å². The van der Waals surface area contributed by atoms with E-state index in [1.165, 1.54) is 23.5 Å². The number of hydrogen-bond donors (Lipinski definition) is 1. The number of aryl methyl sites for hydroxylation is 1. The number of carboxylic acids is 1. The molecule has 5 nitrogen and oxygen atoms in total. The predicted octanol–water partition coefficient (Wildman–Crippen LogP) is 2.81. The number of rotatable bonds is 7. The predicted molar refractivity (Wildman–Crippen MR) is 82.2 cm³/mol. The lowest BCUT2D eigenvalue weighted by Gasteiger charge is -2.19. The Morgan fingerprint density at radius 2 is 1.86 bits per heavy atom. The van der Waals surface area contributed by atoms with Gasteiger partial charge in [-0.25, -0.2) is 17.5 Å². The van der Waals surface area contributed by atoms with E-state index in [1.807, 2.05) is 0 Å². The SMILES string of the molecule is CCCCCN(C)S(=O)(=O)c1cc(C(=O)O)cc(C)c1C. The topological polar surface area (TPSA) is 74.7 Å². The molecule has 6 heteroatoms. The van der Waals surface area contributed by atoms with E-state index in [4.69, 9.17) is 5.11 Å². The van der Waals surface area contributed by atoms with Crippen molar-refractivity contribution in [2.75, 3.05) is 13.6 Å². The number of aromatic carboxylic acids is 1. The molecule has 0 aliphatic heterocycles. The van der Waals surface area contributed by atoms with Crippen molar-refractivity contribution in [2.24, 2.45) is 0 Å². The maximum atomic E-state index is 12.6. The van der Waals surface area contributed by atoms with Crippen molar-refractivity contribution in [1.82, 2.24) is 4.31 Å². The molecule has 1 N–H and O–H groups in total. The lowest BCUT2D eigenvalue weighted by molar-refractivity contribution is 0.0696. The first-order chi connectivity index (χ1) is 9.71. The molecule has 0 saturated heterocycles. The summed E-state index contributed by atoms with van der Waals surface area (Å²) in [5.74, 6) is -1.12. The van der Waals surface area contributed by atoms with Crippen LogP contribution in [-0.4, -0.2) is 37.4 Å². The molecule has 0 aliphatic rings. The quantitative estimate of drug-likeness (QED) is 0.785. The molecule has 0 spiro atoms. The van der Waals surface area contributed by atoms with Crippen LogP contribution in [0.4, 0.5) is 0 Å². The molecule has 0 fully saturated rings. The Bertz CT molecular complexity index is 623. The van der Waals surface area contributed by atoms with Crippen molar-refractivity contribution in [2.45, 2.75) is 44.9 Å². The first-order valence-corrected chi connectivity index (χ1v) is 8.46. The van der Waals surface area contributed by atoms with Gasteiger partial charge in [0.25, 0.3) is 0 Å². The van der Waals surface area contributed by atoms with Crippen LogP contribution in [0.15, 0.2) is 17.0 Å². The zero-order valence-electron chi connectivity index (χ0n) is 13.0. The van der Waals surface area contributed by atoms with E-state index < -0.39 is 16.0 Å². The normalized spacial score (nSPS) is 11.9. The summed E-state index contributed by atoms with van der Waals surface area (Å²) in [5.41, 5.74) is 1.26. The van der Waals surface area contributed by atoms with Gasteiger partial charge in [0.2, 0.25) is 10.0 Å². The lowest BCUT2D eigenvalue weighted by Crippen LogP contribution is -2.29. The zero-order chi connectivity index (χ0) is 16.2. The van der Waals surface area contributed by atoms with Gasteiger partial charge in [-0.15, -0.1) is 0 Å². The van der Waals surface area contributed by atoms with Crippen LogP contribution >= 0.6 is 0 Å². The summed E-state index contributed by atoms with van der Waals surface area (Å²) in [5, 5.41) is 9.09. The lowest BCUT2D eigenvalue weighted by atomic mass is 10.1. The Morgan fingerprint density at radius 3 is 2.38 bits per heavy atom. The molecule has 1 aromatic rings. The first kappa shape index (κ1) is 17.7. The van der Waals surface area contributed by atoms with Gasteiger partial charge in [-0.2, -0.15) is 0 Å². The third kappa shape index (κ3) is 4.04. The monoisotopic (exact) mass is 313 g/mol. The summed E-state index contributed by atoms with van der Waals surface area (Å²) in [6.07, 6.45) is 2.77. The molecule has 1 aromatic carbocycles. The first-order valence-electron chi connectivity index (χ1n) is 7.02. The number of benzene rings is 1. The van der Waals surface area contributed by atoms with Gasteiger partial charge in [0.1, 0.15) is 0 Å². The van der Waals surface area contributed by atoms with Gasteiger partial charge in [-0.1, -0.05) is 19.8 Å². The van der Waals surface area contributed by atoms with E-state index >= 15 is 0 Å². The van der Waals surface area contributed by atoms with Crippen molar-refractivity contribution in [3.05, 3.63) is 28.8 Å². The minimum atomic E-state index is -3.66. The Labute approximate surface area is 126 Å². The molecule has 21 heavy (non-hydrogen) atoms. The highest BCUT2D eigenvalue weighted by molar-refractivity contribution is 7.89. The molecule has 0 atom stereocenters. The zero-order valence-corrected chi connectivity index (χ0v) is 13.8. The molecule has 0 aromatic heterocycles. The molecule has 118 valence electrons. The van der Waals surface area contributed by atoms with Crippen LogP contribution in [-0.2, 0) is 10.0 Å². The fraction of sp³-hybridized carbons (Fsp3) is 0.533. The van der Waals surface area contributed by atoms with Crippen molar-refractivity contribution in [3.63, 3.8) is 0 Å². The second kappa shape index (κ2) is 7.04. The Balaban J connectivity index is 3.21. The van der Waals surface area contributed by atoms with Crippen LogP contribution in [0.5, 0.6) is 0 Å². The Morgan fingerprint density at radius 1 is 1.24 bits per heavy atom.